The smallest absolute Gasteiger partial charge is 0.319 e. The highest BCUT2D eigenvalue weighted by atomic mass is 16.6. The average molecular weight is 1310 g/mol. The van der Waals surface area contributed by atoms with Gasteiger partial charge in [0.15, 0.2) is 17.5 Å². The molecule has 0 spiro atoms. The summed E-state index contributed by atoms with van der Waals surface area (Å²) in [6.45, 7) is 17.7. The molecule has 3 saturated heterocycles. The molecule has 12 heterocycles. The molecule has 0 radical (unpaired) electrons. The van der Waals surface area contributed by atoms with Crippen LogP contribution in [0.1, 0.15) is 60.5 Å². The van der Waals surface area contributed by atoms with Gasteiger partial charge in [-0.1, -0.05) is 19.0 Å². The summed E-state index contributed by atoms with van der Waals surface area (Å²) >= 11 is 0. The van der Waals surface area contributed by atoms with E-state index in [0.29, 0.717) is 121 Å². The fourth-order valence-corrected chi connectivity index (χ4v) is 11.6. The zero-order chi connectivity index (χ0) is 66.9. The van der Waals surface area contributed by atoms with Gasteiger partial charge in [-0.3, -0.25) is 10.1 Å². The molecule has 6 aliphatic heterocycles. The summed E-state index contributed by atoms with van der Waals surface area (Å²) in [5, 5.41) is 19.2. The van der Waals surface area contributed by atoms with Crippen LogP contribution in [0, 0.1) is 15.0 Å². The number of amides is 2. The van der Waals surface area contributed by atoms with Crippen LogP contribution >= 0.6 is 0 Å². The van der Waals surface area contributed by atoms with Gasteiger partial charge in [0.1, 0.15) is 17.5 Å². The molecular formula is C67H75N23O7. The molecule has 9 aromatic rings. The van der Waals surface area contributed by atoms with Gasteiger partial charge in [0.05, 0.1) is 107 Å². The zero-order valence-corrected chi connectivity index (χ0v) is 54.1. The Balaban J connectivity index is 0.000000134. The van der Waals surface area contributed by atoms with E-state index in [9.17, 15) is 14.9 Å². The number of hydrogen-bond acceptors (Lipinski definition) is 27. The Morgan fingerprint density at radius 2 is 0.845 bits per heavy atom. The number of urea groups is 1. The Labute approximate surface area is 559 Å². The molecule has 6 aliphatic rings. The summed E-state index contributed by atoms with van der Waals surface area (Å²) in [5.74, 6) is 6.81. The highest BCUT2D eigenvalue weighted by Crippen LogP contribution is 2.38. The lowest BCUT2D eigenvalue weighted by molar-refractivity contribution is -0.384. The number of nitro benzene ring substituents is 1. The first-order chi connectivity index (χ1) is 47.6. The van der Waals surface area contributed by atoms with E-state index in [2.05, 4.69) is 75.1 Å². The largest absolute Gasteiger partial charge is 0.399 e. The summed E-state index contributed by atoms with van der Waals surface area (Å²) < 4.78 is 16.6. The maximum atomic E-state index is 11.9. The molecule has 30 nitrogen and oxygen atoms in total. The topological polar surface area (TPSA) is 342 Å². The van der Waals surface area contributed by atoms with Crippen molar-refractivity contribution in [1.82, 2.24) is 65.1 Å². The Morgan fingerprint density at radius 1 is 0.495 bits per heavy atom. The summed E-state index contributed by atoms with van der Waals surface area (Å²) in [5.41, 5.74) is 16.2. The standard InChI is InChI=1S/C24H28N8O2.C20H19N7O3.C20H21N7O.C3H7NO/c1-2-8-27-24(33)28-18-6-4-17(5-7-18)21-29-20-16-32(23-25-9-3-10-26-23)15-19(20)22(30-21)31-11-13-34-14-12-31;28-27(29)15-4-2-14(3-5-15)18-23-17-13-26(20-21-6-1-7-22-20)12-16(17)19(24-18)25-8-10-30-11-9-25;21-15-4-2-14(3-5-15)18-24-17-13-27(20-22-6-1-7-23-20)12-16(17)19(25-18)26-8-10-28-11-9-26;1-2-3-4-5/h3-7,9-10H,2,8,11-16H2,1H3,(H2,27,28,33);1-7H,8-13H2;1-7H,8-13,21H2;2-3H2,1H3. The van der Waals surface area contributed by atoms with Crippen molar-refractivity contribution in [3.63, 3.8) is 0 Å². The number of benzene rings is 3. The highest BCUT2D eigenvalue weighted by molar-refractivity contribution is 5.89. The summed E-state index contributed by atoms with van der Waals surface area (Å²) in [7, 11) is 0. The number of nitrogens with zero attached hydrogens (tertiary/aromatic N) is 20. The minimum absolute atomic E-state index is 0.0423. The molecule has 0 bridgehead atoms. The van der Waals surface area contributed by atoms with Crippen LogP contribution in [0.5, 0.6) is 0 Å². The van der Waals surface area contributed by atoms with Crippen LogP contribution in [0.25, 0.3) is 34.2 Å². The molecule has 30 heteroatoms. The lowest BCUT2D eigenvalue weighted by atomic mass is 10.1. The molecule has 0 atom stereocenters. The first-order valence-corrected chi connectivity index (χ1v) is 32.4. The van der Waals surface area contributed by atoms with Crippen LogP contribution in [-0.2, 0) is 53.5 Å². The Morgan fingerprint density at radius 3 is 1.16 bits per heavy atom. The number of nitrogens with one attached hydrogen (secondary N) is 2. The molecule has 500 valence electrons. The molecule has 15 rings (SSSR count). The number of nitro groups is 1. The molecule has 0 saturated carbocycles. The average Bonchev–Trinajstić information content (AvgIpc) is 1.69. The number of carbonyl (C=O) groups excluding carboxylic acids is 1. The number of hydrogen-bond donors (Lipinski definition) is 3. The quantitative estimate of drug-likeness (QED) is 0.0378. The van der Waals surface area contributed by atoms with Crippen molar-refractivity contribution in [2.75, 3.05) is 132 Å². The number of nitroso groups, excluding NO2 is 1. The first kappa shape index (κ1) is 65.9. The fraction of sp³-hybridized carbons (Fsp3) is 0.358. The van der Waals surface area contributed by atoms with E-state index in [-0.39, 0.29) is 11.7 Å². The van der Waals surface area contributed by atoms with Crippen LogP contribution in [0.15, 0.2) is 133 Å². The van der Waals surface area contributed by atoms with Crippen LogP contribution in [0.2, 0.25) is 0 Å². The van der Waals surface area contributed by atoms with Gasteiger partial charge in [0.25, 0.3) is 5.69 Å². The third-order valence-electron chi connectivity index (χ3n) is 16.5. The third kappa shape index (κ3) is 16.3. The van der Waals surface area contributed by atoms with E-state index in [1.165, 1.54) is 12.1 Å². The van der Waals surface area contributed by atoms with Crippen LogP contribution < -0.4 is 45.8 Å². The van der Waals surface area contributed by atoms with E-state index < -0.39 is 4.92 Å². The normalized spacial score (nSPS) is 15.3. The van der Waals surface area contributed by atoms with Gasteiger partial charge < -0.3 is 60.0 Å². The second kappa shape index (κ2) is 31.9. The summed E-state index contributed by atoms with van der Waals surface area (Å²) in [6, 6.07) is 26.9. The highest BCUT2D eigenvalue weighted by Gasteiger charge is 2.34. The Kier molecular flexibility index (Phi) is 21.7. The van der Waals surface area contributed by atoms with Crippen molar-refractivity contribution in [1.29, 1.82) is 0 Å². The molecule has 2 amide bonds. The SMILES string of the molecule is CCCN=O.CCCNC(=O)Nc1ccc(-c2nc3c(c(N4CCOCC4)n2)CN(c2ncccn2)C3)cc1.Nc1ccc(-c2nc3c(c(N4CCOCC4)n2)CN(c2ncccn2)C3)cc1.O=[N+]([O-])c1ccc(-c2nc3c(c(N4CCOCC4)n2)CN(c2ncccn2)C3)cc1. The molecule has 4 N–H and O–H groups in total. The number of aromatic nitrogens is 12. The maximum Gasteiger partial charge on any atom is 0.319 e. The van der Waals surface area contributed by atoms with E-state index in [0.717, 1.165) is 137 Å². The van der Waals surface area contributed by atoms with E-state index in [4.69, 9.17) is 54.8 Å². The minimum atomic E-state index is -0.412. The van der Waals surface area contributed by atoms with Gasteiger partial charge in [0, 0.05) is 140 Å². The molecule has 0 unspecified atom stereocenters. The number of rotatable bonds is 15. The summed E-state index contributed by atoms with van der Waals surface area (Å²) in [4.78, 5) is 100. The zero-order valence-electron chi connectivity index (χ0n) is 54.1. The second-order valence-corrected chi connectivity index (χ2v) is 23.1. The van der Waals surface area contributed by atoms with Crippen molar-refractivity contribution in [2.45, 2.75) is 66.0 Å². The predicted octanol–water partition coefficient (Wildman–Crippen LogP) is 8.06. The number of ether oxygens (including phenoxy) is 3. The first-order valence-electron chi connectivity index (χ1n) is 32.4. The maximum absolute atomic E-state index is 11.9. The monoisotopic (exact) mass is 1310 g/mol. The van der Waals surface area contributed by atoms with Gasteiger partial charge >= 0.3 is 6.03 Å². The molecule has 3 fully saturated rings. The Hall–Kier alpha value is -11.1. The number of nitrogen functional groups attached to an aromatic ring is 1. The molecular weight excluding hydrogens is 1240 g/mol. The van der Waals surface area contributed by atoms with Crippen LogP contribution in [0.3, 0.4) is 0 Å². The third-order valence-corrected chi connectivity index (χ3v) is 16.5. The van der Waals surface area contributed by atoms with Gasteiger partial charge in [-0.15, -0.1) is 0 Å². The second-order valence-electron chi connectivity index (χ2n) is 23.1. The number of fused-ring (bicyclic) bond motifs is 3. The van der Waals surface area contributed by atoms with Crippen molar-refractivity contribution < 1.29 is 23.9 Å². The predicted molar refractivity (Wildman–Crippen MR) is 367 cm³/mol. The van der Waals surface area contributed by atoms with Crippen molar-refractivity contribution in [3.8, 4) is 34.2 Å². The van der Waals surface area contributed by atoms with Crippen molar-refractivity contribution in [3.05, 3.63) is 177 Å². The van der Waals surface area contributed by atoms with Crippen LogP contribution in [-0.4, -0.2) is 163 Å². The number of nitrogens with two attached hydrogens (primary N) is 1. The van der Waals surface area contributed by atoms with Gasteiger partial charge in [0.2, 0.25) is 17.8 Å². The molecule has 97 heavy (non-hydrogen) atoms. The van der Waals surface area contributed by atoms with E-state index in [1.54, 1.807) is 55.4 Å². The number of morpholine rings is 3. The lowest BCUT2D eigenvalue weighted by Crippen LogP contribution is -2.37. The van der Waals surface area contributed by atoms with Gasteiger partial charge in [-0.2, -0.15) is 4.91 Å². The van der Waals surface area contributed by atoms with Gasteiger partial charge in [-0.05, 0) is 91.7 Å². The lowest BCUT2D eigenvalue weighted by Gasteiger charge is -2.29. The number of carbonyl (C=O) groups is 1. The molecule has 3 aromatic carbocycles. The number of anilines is 8. The number of non-ortho nitro benzene ring substituents is 1. The van der Waals surface area contributed by atoms with Crippen molar-refractivity contribution >= 4 is 58.4 Å². The Bertz CT molecular complexity index is 4100. The van der Waals surface area contributed by atoms with Crippen molar-refractivity contribution in [2.24, 2.45) is 5.18 Å². The minimum Gasteiger partial charge on any atom is -0.399 e. The van der Waals surface area contributed by atoms with E-state index in [1.807, 2.05) is 74.5 Å². The summed E-state index contributed by atoms with van der Waals surface area (Å²) in [6.07, 6.45) is 12.2. The fourth-order valence-electron chi connectivity index (χ4n) is 11.6. The van der Waals surface area contributed by atoms with Crippen LogP contribution in [0.4, 0.5) is 57.2 Å². The molecule has 6 aromatic heterocycles. The van der Waals surface area contributed by atoms with Gasteiger partial charge in [-0.25, -0.2) is 64.6 Å². The van der Waals surface area contributed by atoms with E-state index >= 15 is 0 Å². The molecule has 0 aliphatic carbocycles.